The Labute approximate surface area is 182 Å². The highest BCUT2D eigenvalue weighted by Gasteiger charge is 2.39. The highest BCUT2D eigenvalue weighted by Crippen LogP contribution is 2.34. The molecule has 1 N–H and O–H groups in total. The molecule has 2 atom stereocenters. The van der Waals surface area contributed by atoms with Crippen LogP contribution in [0.5, 0.6) is 0 Å². The van der Waals surface area contributed by atoms with Crippen LogP contribution in [-0.4, -0.2) is 44.6 Å². The summed E-state index contributed by atoms with van der Waals surface area (Å²) in [6, 6.07) is 20.1. The minimum absolute atomic E-state index is 0.447. The summed E-state index contributed by atoms with van der Waals surface area (Å²) in [5.74, 6) is 1.48. The number of fused-ring (bicyclic) bond motifs is 4. The second-order valence-corrected chi connectivity index (χ2v) is 8.87. The molecule has 0 radical (unpaired) electrons. The van der Waals surface area contributed by atoms with E-state index in [1.54, 1.807) is 0 Å². The third kappa shape index (κ3) is 3.29. The van der Waals surface area contributed by atoms with Crippen LogP contribution in [0.3, 0.4) is 0 Å². The lowest BCUT2D eigenvalue weighted by Crippen LogP contribution is -2.59. The average Bonchev–Trinajstić information content (AvgIpc) is 3.26. The Morgan fingerprint density at radius 3 is 2.42 bits per heavy atom. The number of benzene rings is 2. The van der Waals surface area contributed by atoms with Gasteiger partial charge in [-0.25, -0.2) is 9.97 Å². The zero-order chi connectivity index (χ0) is 20.8. The van der Waals surface area contributed by atoms with Crippen LogP contribution >= 0.6 is 0 Å². The normalized spacial score (nSPS) is 25.1. The molecule has 5 nitrogen and oxygen atoms in total. The fourth-order valence-corrected chi connectivity index (χ4v) is 5.38. The molecular weight excluding hydrogens is 382 g/mol. The van der Waals surface area contributed by atoms with Gasteiger partial charge in [-0.05, 0) is 74.7 Å². The summed E-state index contributed by atoms with van der Waals surface area (Å²) in [4.78, 5) is 11.9. The molecule has 2 bridgehead atoms. The first-order valence-corrected chi connectivity index (χ1v) is 11.3. The molecule has 5 heteroatoms. The van der Waals surface area contributed by atoms with Crippen molar-refractivity contribution in [1.82, 2.24) is 19.4 Å². The molecule has 156 valence electrons. The van der Waals surface area contributed by atoms with Crippen molar-refractivity contribution in [3.63, 3.8) is 0 Å². The number of nitrogens with zero attached hydrogens (tertiary/aromatic N) is 4. The first-order chi connectivity index (χ1) is 15.3. The second kappa shape index (κ2) is 7.50. The van der Waals surface area contributed by atoms with E-state index in [0.717, 1.165) is 23.0 Å². The van der Waals surface area contributed by atoms with Gasteiger partial charge in [-0.3, -0.25) is 4.90 Å². The first kappa shape index (κ1) is 18.6. The minimum Gasteiger partial charge on any atom is -0.350 e. The highest BCUT2D eigenvalue weighted by molar-refractivity contribution is 5.86. The molecule has 0 amide bonds. The molecule has 2 aromatic heterocycles. The zero-order valence-corrected chi connectivity index (χ0v) is 17.8. The molecule has 5 heterocycles. The number of aromatic nitrogens is 3. The van der Waals surface area contributed by atoms with Crippen molar-refractivity contribution in [2.75, 3.05) is 18.4 Å². The van der Waals surface area contributed by atoms with Crippen molar-refractivity contribution >= 4 is 16.9 Å². The Hall–Kier alpha value is -3.18. The Kier molecular flexibility index (Phi) is 4.50. The van der Waals surface area contributed by atoms with E-state index in [2.05, 4.69) is 86.4 Å². The fraction of sp³-hybridized carbons (Fsp3) is 0.308. The van der Waals surface area contributed by atoms with E-state index < -0.39 is 0 Å². The lowest BCUT2D eigenvalue weighted by Gasteiger charge is -2.49. The van der Waals surface area contributed by atoms with E-state index >= 15 is 0 Å². The van der Waals surface area contributed by atoms with Crippen LogP contribution in [0.2, 0.25) is 0 Å². The lowest BCUT2D eigenvalue weighted by molar-refractivity contribution is 0.0455. The van der Waals surface area contributed by atoms with Gasteiger partial charge in [-0.2, -0.15) is 0 Å². The third-order valence-corrected chi connectivity index (χ3v) is 7.18. The van der Waals surface area contributed by atoms with E-state index in [9.17, 15) is 0 Å². The van der Waals surface area contributed by atoms with Crippen LogP contribution < -0.4 is 5.32 Å². The third-order valence-electron chi connectivity index (χ3n) is 7.18. The van der Waals surface area contributed by atoms with Gasteiger partial charge in [0.25, 0.3) is 0 Å². The van der Waals surface area contributed by atoms with Crippen LogP contribution in [0.4, 0.5) is 5.95 Å². The van der Waals surface area contributed by atoms with Crippen molar-refractivity contribution in [2.45, 2.75) is 31.8 Å². The number of para-hydroxylation sites is 1. The summed E-state index contributed by atoms with van der Waals surface area (Å²) in [6.45, 7) is 4.80. The topological polar surface area (TPSA) is 46.0 Å². The van der Waals surface area contributed by atoms with Gasteiger partial charge in [0.2, 0.25) is 5.95 Å². The van der Waals surface area contributed by atoms with E-state index in [-0.39, 0.29) is 0 Å². The Morgan fingerprint density at radius 1 is 0.903 bits per heavy atom. The number of hydrogen-bond donors (Lipinski definition) is 1. The van der Waals surface area contributed by atoms with Gasteiger partial charge in [-0.15, -0.1) is 0 Å². The van der Waals surface area contributed by atoms with Gasteiger partial charge in [0, 0.05) is 47.3 Å². The molecule has 3 aliphatic rings. The minimum atomic E-state index is 0.447. The summed E-state index contributed by atoms with van der Waals surface area (Å²) in [7, 11) is 0. The maximum absolute atomic E-state index is 4.65. The van der Waals surface area contributed by atoms with Crippen LogP contribution in [0, 0.1) is 5.92 Å². The standard InChI is InChI=1S/C26H27N5/c1-18-25(19-9-12-30(18)13-10-19)29-26-27-16-22(17-28-26)20-7-8-24-21(15-20)11-14-31(24)23-5-3-2-4-6-23/h2-8,11,14-19,25H,9-10,12-13H2,1H3,(H,27,28,29)/t18-,25-/m1/s1. The van der Waals surface area contributed by atoms with Crippen molar-refractivity contribution < 1.29 is 0 Å². The molecule has 4 aromatic rings. The predicted octanol–water partition coefficient (Wildman–Crippen LogP) is 4.98. The van der Waals surface area contributed by atoms with Crippen molar-refractivity contribution in [1.29, 1.82) is 0 Å². The molecule has 0 aliphatic carbocycles. The lowest BCUT2D eigenvalue weighted by atomic mass is 9.79. The van der Waals surface area contributed by atoms with Gasteiger partial charge < -0.3 is 9.88 Å². The van der Waals surface area contributed by atoms with Crippen molar-refractivity contribution in [2.24, 2.45) is 5.92 Å². The quantitative estimate of drug-likeness (QED) is 0.516. The van der Waals surface area contributed by atoms with Gasteiger partial charge in [0.05, 0.1) is 5.52 Å². The molecular formula is C26H27N5. The second-order valence-electron chi connectivity index (χ2n) is 8.87. The number of rotatable bonds is 4. The highest BCUT2D eigenvalue weighted by atomic mass is 15.2. The monoisotopic (exact) mass is 409 g/mol. The molecule has 2 aromatic carbocycles. The molecule has 3 fully saturated rings. The largest absolute Gasteiger partial charge is 0.350 e. The summed E-state index contributed by atoms with van der Waals surface area (Å²) >= 11 is 0. The average molecular weight is 410 g/mol. The Morgan fingerprint density at radius 2 is 1.68 bits per heavy atom. The number of anilines is 1. The van der Waals surface area contributed by atoms with Crippen LogP contribution in [0.15, 0.2) is 73.2 Å². The molecule has 0 unspecified atom stereocenters. The Balaban J connectivity index is 1.23. The summed E-state index contributed by atoms with van der Waals surface area (Å²) in [6.07, 6.45) is 8.57. The smallest absolute Gasteiger partial charge is 0.222 e. The van der Waals surface area contributed by atoms with Gasteiger partial charge in [0.15, 0.2) is 0 Å². The van der Waals surface area contributed by atoms with Crippen LogP contribution in [0.1, 0.15) is 19.8 Å². The molecule has 31 heavy (non-hydrogen) atoms. The summed E-state index contributed by atoms with van der Waals surface area (Å²) < 4.78 is 2.22. The molecule has 3 saturated heterocycles. The predicted molar refractivity (Wildman–Crippen MR) is 125 cm³/mol. The molecule has 0 saturated carbocycles. The van der Waals surface area contributed by atoms with Crippen LogP contribution in [-0.2, 0) is 0 Å². The fourth-order valence-electron chi connectivity index (χ4n) is 5.38. The van der Waals surface area contributed by atoms with E-state index in [1.807, 2.05) is 18.5 Å². The summed E-state index contributed by atoms with van der Waals surface area (Å²) in [5, 5.41) is 4.84. The van der Waals surface area contributed by atoms with Crippen LogP contribution in [0.25, 0.3) is 27.7 Å². The van der Waals surface area contributed by atoms with Gasteiger partial charge >= 0.3 is 0 Å². The number of piperidine rings is 3. The summed E-state index contributed by atoms with van der Waals surface area (Å²) in [5.41, 5.74) is 4.56. The van der Waals surface area contributed by atoms with Gasteiger partial charge in [0.1, 0.15) is 0 Å². The molecule has 3 aliphatic heterocycles. The number of hydrogen-bond acceptors (Lipinski definition) is 4. The van der Waals surface area contributed by atoms with Crippen molar-refractivity contribution in [3.05, 3.63) is 73.2 Å². The molecule has 0 spiro atoms. The van der Waals surface area contributed by atoms with E-state index in [1.165, 1.54) is 42.5 Å². The molecule has 7 rings (SSSR count). The zero-order valence-electron chi connectivity index (χ0n) is 17.8. The van der Waals surface area contributed by atoms with Gasteiger partial charge in [-0.1, -0.05) is 24.3 Å². The SMILES string of the molecule is C[C@@H]1[C@@H](Nc2ncc(-c3ccc4c(ccn4-c4ccccc4)c3)cn2)C2CCN1CC2. The maximum Gasteiger partial charge on any atom is 0.222 e. The Bertz CT molecular complexity index is 1190. The maximum atomic E-state index is 4.65. The first-order valence-electron chi connectivity index (χ1n) is 11.3. The number of nitrogens with one attached hydrogen (secondary N) is 1. The van der Waals surface area contributed by atoms with E-state index in [0.29, 0.717) is 12.1 Å². The van der Waals surface area contributed by atoms with Crippen molar-refractivity contribution in [3.8, 4) is 16.8 Å². The van der Waals surface area contributed by atoms with E-state index in [4.69, 9.17) is 0 Å².